The molecular weight excluding hydrogens is 196 g/mol. The van der Waals surface area contributed by atoms with E-state index in [2.05, 4.69) is 0 Å². The smallest absolute Gasteiger partial charge is 0.189 e. The number of carbonyl (C=O) groups excluding carboxylic acids is 1. The topological polar surface area (TPSA) is 44.8 Å². The van der Waals surface area contributed by atoms with Crippen molar-refractivity contribution in [2.24, 2.45) is 0 Å². The Bertz CT molecular complexity index is 322. The van der Waals surface area contributed by atoms with Gasteiger partial charge in [-0.1, -0.05) is 0 Å². The van der Waals surface area contributed by atoms with E-state index in [0.717, 1.165) is 6.29 Å². The molecule has 4 heteroatoms. The third kappa shape index (κ3) is 3.25. The largest absolute Gasteiger partial charge is 0.497 e. The van der Waals surface area contributed by atoms with Crippen LogP contribution in [0.15, 0.2) is 18.2 Å². The molecule has 15 heavy (non-hydrogen) atoms. The first-order chi connectivity index (χ1) is 7.31. The number of benzene rings is 1. The maximum Gasteiger partial charge on any atom is 0.189 e. The van der Waals surface area contributed by atoms with Crippen LogP contribution >= 0.6 is 0 Å². The molecule has 0 radical (unpaired) electrons. The Balaban J connectivity index is 2.73. The second-order valence-electron chi connectivity index (χ2n) is 2.78. The van der Waals surface area contributed by atoms with Crippen LogP contribution in [0, 0.1) is 0 Å². The Kier molecular flexibility index (Phi) is 4.63. The van der Waals surface area contributed by atoms with E-state index in [4.69, 9.17) is 14.2 Å². The van der Waals surface area contributed by atoms with Crippen molar-refractivity contribution in [1.82, 2.24) is 0 Å². The molecule has 1 aromatic carbocycles. The van der Waals surface area contributed by atoms with Gasteiger partial charge in [0.1, 0.15) is 11.5 Å². The van der Waals surface area contributed by atoms with Gasteiger partial charge in [0.2, 0.25) is 0 Å². The van der Waals surface area contributed by atoms with Crippen LogP contribution < -0.4 is 9.47 Å². The average Bonchev–Trinajstić information content (AvgIpc) is 2.29. The number of hydrogen-bond acceptors (Lipinski definition) is 4. The molecule has 0 saturated heterocycles. The lowest BCUT2D eigenvalue weighted by Gasteiger charge is -2.09. The number of methoxy groups -OCH3 is 1. The number of ether oxygens (including phenoxy) is 3. The van der Waals surface area contributed by atoms with Crippen LogP contribution in [0.3, 0.4) is 0 Å². The van der Waals surface area contributed by atoms with Gasteiger partial charge in [-0.3, -0.25) is 4.79 Å². The molecule has 0 saturated carbocycles. The number of carbonyl (C=O) groups is 1. The van der Waals surface area contributed by atoms with E-state index in [1.54, 1.807) is 25.3 Å². The lowest BCUT2D eigenvalue weighted by Crippen LogP contribution is -2.04. The lowest BCUT2D eigenvalue weighted by atomic mass is 10.2. The Hall–Kier alpha value is -1.55. The van der Waals surface area contributed by atoms with E-state index < -0.39 is 0 Å². The minimum absolute atomic E-state index is 0.143. The summed E-state index contributed by atoms with van der Waals surface area (Å²) in [6.07, 6.45) is 0.726. The fourth-order valence-corrected chi connectivity index (χ4v) is 1.07. The Labute approximate surface area is 88.8 Å². The van der Waals surface area contributed by atoms with Gasteiger partial charge in [-0.25, -0.2) is 0 Å². The van der Waals surface area contributed by atoms with Crippen molar-refractivity contribution >= 4 is 6.29 Å². The fourth-order valence-electron chi connectivity index (χ4n) is 1.07. The quantitative estimate of drug-likeness (QED) is 0.408. The second kappa shape index (κ2) is 6.03. The predicted molar refractivity (Wildman–Crippen MR) is 55.5 cm³/mol. The molecule has 0 amide bonds. The van der Waals surface area contributed by atoms with Gasteiger partial charge in [0.05, 0.1) is 12.7 Å². The van der Waals surface area contributed by atoms with Gasteiger partial charge in [0.25, 0.3) is 0 Å². The van der Waals surface area contributed by atoms with Gasteiger partial charge in [-0.15, -0.1) is 0 Å². The molecule has 0 atom stereocenters. The highest BCUT2D eigenvalue weighted by molar-refractivity contribution is 5.80. The van der Waals surface area contributed by atoms with Crippen molar-refractivity contribution in [3.8, 4) is 11.5 Å². The summed E-state index contributed by atoms with van der Waals surface area (Å²) < 4.78 is 15.3. The van der Waals surface area contributed by atoms with Crippen LogP contribution in [0.1, 0.15) is 17.3 Å². The summed E-state index contributed by atoms with van der Waals surface area (Å²) in [7, 11) is 1.55. The normalized spacial score (nSPS) is 9.73. The molecule has 0 unspecified atom stereocenters. The van der Waals surface area contributed by atoms with Crippen LogP contribution in [-0.2, 0) is 4.74 Å². The maximum atomic E-state index is 10.8. The second-order valence-corrected chi connectivity index (χ2v) is 2.78. The van der Waals surface area contributed by atoms with E-state index >= 15 is 0 Å². The Morgan fingerprint density at radius 2 is 2.20 bits per heavy atom. The highest BCUT2D eigenvalue weighted by atomic mass is 16.7. The first kappa shape index (κ1) is 11.5. The molecule has 0 bridgehead atoms. The van der Waals surface area contributed by atoms with E-state index in [1.807, 2.05) is 6.92 Å². The van der Waals surface area contributed by atoms with Gasteiger partial charge in [-0.05, 0) is 25.1 Å². The van der Waals surface area contributed by atoms with Gasteiger partial charge in [-0.2, -0.15) is 0 Å². The van der Waals surface area contributed by atoms with E-state index in [9.17, 15) is 4.79 Å². The van der Waals surface area contributed by atoms with Crippen LogP contribution in [0.25, 0.3) is 0 Å². The van der Waals surface area contributed by atoms with E-state index in [0.29, 0.717) is 23.7 Å². The molecule has 1 rings (SSSR count). The first-order valence-electron chi connectivity index (χ1n) is 4.65. The molecule has 0 heterocycles. The lowest BCUT2D eigenvalue weighted by molar-refractivity contribution is 0.0220. The molecule has 0 N–H and O–H groups in total. The van der Waals surface area contributed by atoms with Crippen molar-refractivity contribution in [3.05, 3.63) is 23.8 Å². The molecule has 4 nitrogen and oxygen atoms in total. The average molecular weight is 210 g/mol. The molecule has 0 spiro atoms. The minimum Gasteiger partial charge on any atom is -0.497 e. The number of hydrogen-bond donors (Lipinski definition) is 0. The molecule has 82 valence electrons. The zero-order valence-corrected chi connectivity index (χ0v) is 8.86. The highest BCUT2D eigenvalue weighted by Gasteiger charge is 2.04. The molecule has 0 aliphatic heterocycles. The highest BCUT2D eigenvalue weighted by Crippen LogP contribution is 2.22. The molecule has 0 aliphatic carbocycles. The van der Waals surface area contributed by atoms with Crippen molar-refractivity contribution in [1.29, 1.82) is 0 Å². The van der Waals surface area contributed by atoms with Crippen molar-refractivity contribution in [2.75, 3.05) is 20.5 Å². The summed E-state index contributed by atoms with van der Waals surface area (Å²) in [6, 6.07) is 5.03. The van der Waals surface area contributed by atoms with Gasteiger partial charge < -0.3 is 14.2 Å². The minimum atomic E-state index is 0.143. The Morgan fingerprint density at radius 1 is 1.40 bits per heavy atom. The third-order valence-electron chi connectivity index (χ3n) is 1.85. The van der Waals surface area contributed by atoms with E-state index in [1.165, 1.54) is 0 Å². The fraction of sp³-hybridized carbons (Fsp3) is 0.364. The summed E-state index contributed by atoms with van der Waals surface area (Å²) in [5.41, 5.74) is 0.453. The van der Waals surface area contributed by atoms with Crippen LogP contribution in [0.5, 0.6) is 11.5 Å². The van der Waals surface area contributed by atoms with Gasteiger partial charge in [0.15, 0.2) is 13.1 Å². The third-order valence-corrected chi connectivity index (χ3v) is 1.85. The van der Waals surface area contributed by atoms with Crippen molar-refractivity contribution in [3.63, 3.8) is 0 Å². The van der Waals surface area contributed by atoms with E-state index in [-0.39, 0.29) is 6.79 Å². The van der Waals surface area contributed by atoms with Crippen molar-refractivity contribution in [2.45, 2.75) is 6.92 Å². The van der Waals surface area contributed by atoms with Crippen LogP contribution in [0.4, 0.5) is 0 Å². The van der Waals surface area contributed by atoms with Crippen LogP contribution in [0.2, 0.25) is 0 Å². The van der Waals surface area contributed by atoms with Crippen LogP contribution in [-0.4, -0.2) is 26.8 Å². The standard InChI is InChI=1S/C11H14O4/c1-3-14-8-15-11-5-4-10(13-2)6-9(11)7-12/h4-7H,3,8H2,1-2H3. The molecule has 0 aromatic heterocycles. The maximum absolute atomic E-state index is 10.8. The first-order valence-corrected chi connectivity index (χ1v) is 4.65. The molecular formula is C11H14O4. The van der Waals surface area contributed by atoms with Gasteiger partial charge >= 0.3 is 0 Å². The summed E-state index contributed by atoms with van der Waals surface area (Å²) in [5, 5.41) is 0. The SMILES string of the molecule is CCOCOc1ccc(OC)cc1C=O. The number of rotatable bonds is 6. The Morgan fingerprint density at radius 3 is 2.80 bits per heavy atom. The summed E-state index contributed by atoms with van der Waals surface area (Å²) in [5.74, 6) is 1.13. The predicted octanol–water partition coefficient (Wildman–Crippen LogP) is 1.88. The summed E-state index contributed by atoms with van der Waals surface area (Å²) >= 11 is 0. The summed E-state index contributed by atoms with van der Waals surface area (Å²) in [4.78, 5) is 10.8. The molecule has 1 aromatic rings. The zero-order valence-electron chi connectivity index (χ0n) is 8.86. The number of aldehydes is 1. The van der Waals surface area contributed by atoms with Gasteiger partial charge in [0, 0.05) is 6.61 Å². The molecule has 0 aliphatic rings. The summed E-state index contributed by atoms with van der Waals surface area (Å²) in [6.45, 7) is 2.59. The van der Waals surface area contributed by atoms with Crippen molar-refractivity contribution < 1.29 is 19.0 Å². The zero-order chi connectivity index (χ0) is 11.1. The molecule has 0 fully saturated rings. The monoisotopic (exact) mass is 210 g/mol.